The Kier molecular flexibility index (Phi) is 7.75. The lowest BCUT2D eigenvalue weighted by Crippen LogP contribution is -2.12. The van der Waals surface area contributed by atoms with Crippen LogP contribution in [0.4, 0.5) is 11.4 Å². The lowest BCUT2D eigenvalue weighted by atomic mass is 10.2. The zero-order valence-corrected chi connectivity index (χ0v) is 12.8. The Bertz CT molecular complexity index is 412. The van der Waals surface area contributed by atoms with E-state index in [1.165, 1.54) is 18.6 Å². The number of carbonyl (C=O) groups excluding carboxylic acids is 1. The van der Waals surface area contributed by atoms with Crippen LogP contribution in [-0.2, 0) is 4.79 Å². The fourth-order valence-corrected chi connectivity index (χ4v) is 2.81. The molecule has 0 unspecified atom stereocenters. The van der Waals surface area contributed by atoms with Crippen molar-refractivity contribution >= 4 is 40.6 Å². The quantitative estimate of drug-likeness (QED) is 0.559. The fourth-order valence-electron chi connectivity index (χ4n) is 1.53. The van der Waals surface area contributed by atoms with E-state index < -0.39 is 0 Å². The van der Waals surface area contributed by atoms with Crippen molar-refractivity contribution in [2.75, 3.05) is 22.6 Å². The molecule has 3 nitrogen and oxygen atoms in total. The highest BCUT2D eigenvalue weighted by molar-refractivity contribution is 7.99. The molecule has 0 aromatic heterocycles. The van der Waals surface area contributed by atoms with Gasteiger partial charge < -0.3 is 11.1 Å². The Morgan fingerprint density at radius 3 is 2.79 bits per heavy atom. The molecule has 0 saturated carbocycles. The highest BCUT2D eigenvalue weighted by atomic mass is 35.5. The van der Waals surface area contributed by atoms with Gasteiger partial charge in [-0.25, -0.2) is 0 Å². The van der Waals surface area contributed by atoms with Crippen molar-refractivity contribution in [1.82, 2.24) is 0 Å². The van der Waals surface area contributed by atoms with E-state index in [-0.39, 0.29) is 5.91 Å². The number of nitrogens with one attached hydrogen (secondary N) is 1. The van der Waals surface area contributed by atoms with Gasteiger partial charge in [0, 0.05) is 12.1 Å². The summed E-state index contributed by atoms with van der Waals surface area (Å²) in [5.41, 5.74) is 6.81. The summed E-state index contributed by atoms with van der Waals surface area (Å²) < 4.78 is 0. The molecule has 0 saturated heterocycles. The molecule has 0 heterocycles. The van der Waals surface area contributed by atoms with E-state index in [4.69, 9.17) is 17.3 Å². The molecule has 3 N–H and O–H groups in total. The van der Waals surface area contributed by atoms with Crippen molar-refractivity contribution in [2.24, 2.45) is 0 Å². The number of benzene rings is 1. The normalized spacial score (nSPS) is 10.4. The second kappa shape index (κ2) is 9.10. The minimum Gasteiger partial charge on any atom is -0.399 e. The summed E-state index contributed by atoms with van der Waals surface area (Å²) in [5, 5.41) is 3.28. The Morgan fingerprint density at radius 1 is 1.37 bits per heavy atom. The zero-order valence-electron chi connectivity index (χ0n) is 11.2. The Morgan fingerprint density at radius 2 is 2.11 bits per heavy atom. The highest BCUT2D eigenvalue weighted by Gasteiger charge is 2.05. The minimum atomic E-state index is 0.00256. The van der Waals surface area contributed by atoms with E-state index in [1.807, 2.05) is 11.8 Å². The topological polar surface area (TPSA) is 55.1 Å². The van der Waals surface area contributed by atoms with Crippen LogP contribution < -0.4 is 11.1 Å². The molecule has 5 heteroatoms. The standard InChI is InChI=1S/C14H21ClN2OS/c1-2-3-8-19-9-4-5-14(18)17-13-7-6-11(16)10-12(13)15/h6-7,10H,2-5,8-9,16H2,1H3,(H,17,18). The largest absolute Gasteiger partial charge is 0.399 e. The van der Waals surface area contributed by atoms with E-state index in [2.05, 4.69) is 12.2 Å². The van der Waals surface area contributed by atoms with Crippen LogP contribution in [0.2, 0.25) is 5.02 Å². The highest BCUT2D eigenvalue weighted by Crippen LogP contribution is 2.24. The van der Waals surface area contributed by atoms with Gasteiger partial charge in [0.25, 0.3) is 0 Å². The van der Waals surface area contributed by atoms with Crippen molar-refractivity contribution in [1.29, 1.82) is 0 Å². The smallest absolute Gasteiger partial charge is 0.224 e. The minimum absolute atomic E-state index is 0.00256. The average Bonchev–Trinajstić information content (AvgIpc) is 2.37. The molecule has 1 rings (SSSR count). The second-order valence-corrected chi connectivity index (χ2v) is 5.99. The van der Waals surface area contributed by atoms with Crippen LogP contribution in [0, 0.1) is 0 Å². The molecule has 19 heavy (non-hydrogen) atoms. The van der Waals surface area contributed by atoms with Crippen LogP contribution in [0.1, 0.15) is 32.6 Å². The molecule has 0 radical (unpaired) electrons. The van der Waals surface area contributed by atoms with Gasteiger partial charge >= 0.3 is 0 Å². The first-order valence-electron chi connectivity index (χ1n) is 6.56. The molecule has 0 spiro atoms. The lowest BCUT2D eigenvalue weighted by molar-refractivity contribution is -0.116. The van der Waals surface area contributed by atoms with Crippen LogP contribution >= 0.6 is 23.4 Å². The predicted molar refractivity (Wildman–Crippen MR) is 86.0 cm³/mol. The average molecular weight is 301 g/mol. The number of halogens is 1. The fraction of sp³-hybridized carbons (Fsp3) is 0.500. The van der Waals surface area contributed by atoms with Crippen molar-refractivity contribution in [2.45, 2.75) is 32.6 Å². The molecule has 0 aliphatic rings. The van der Waals surface area contributed by atoms with Crippen LogP contribution in [0.3, 0.4) is 0 Å². The maximum atomic E-state index is 11.7. The number of nitrogen functional groups attached to an aromatic ring is 1. The summed E-state index contributed by atoms with van der Waals surface area (Å²) in [6.45, 7) is 2.18. The van der Waals surface area contributed by atoms with Crippen LogP contribution in [0.5, 0.6) is 0 Å². The first-order chi connectivity index (χ1) is 9.13. The summed E-state index contributed by atoms with van der Waals surface area (Å²) in [5.74, 6) is 2.22. The number of carbonyl (C=O) groups is 1. The van der Waals surface area contributed by atoms with Crippen LogP contribution in [-0.4, -0.2) is 17.4 Å². The van der Waals surface area contributed by atoms with Gasteiger partial charge in [-0.3, -0.25) is 4.79 Å². The summed E-state index contributed by atoms with van der Waals surface area (Å²) >= 11 is 7.90. The summed E-state index contributed by atoms with van der Waals surface area (Å²) in [6.07, 6.45) is 3.90. The molecule has 106 valence electrons. The molecule has 0 aliphatic heterocycles. The van der Waals surface area contributed by atoms with Gasteiger partial charge in [-0.2, -0.15) is 11.8 Å². The third-order valence-electron chi connectivity index (χ3n) is 2.60. The molecule has 0 atom stereocenters. The molecule has 1 aromatic carbocycles. The number of hydrogen-bond donors (Lipinski definition) is 2. The van der Waals surface area contributed by atoms with Gasteiger partial charge in [0.05, 0.1) is 10.7 Å². The molecule has 0 bridgehead atoms. The first-order valence-corrected chi connectivity index (χ1v) is 8.09. The lowest BCUT2D eigenvalue weighted by Gasteiger charge is -2.07. The predicted octanol–water partition coefficient (Wildman–Crippen LogP) is 4.17. The van der Waals surface area contributed by atoms with Crippen molar-refractivity contribution in [3.63, 3.8) is 0 Å². The molecule has 1 amide bonds. The second-order valence-electron chi connectivity index (χ2n) is 4.36. The van der Waals surface area contributed by atoms with Gasteiger partial charge in [0.2, 0.25) is 5.91 Å². The Hall–Kier alpha value is -0.870. The van der Waals surface area contributed by atoms with Gasteiger partial charge in [0.15, 0.2) is 0 Å². The SMILES string of the molecule is CCCCSCCCC(=O)Nc1ccc(N)cc1Cl. The van der Waals surface area contributed by atoms with Crippen LogP contribution in [0.25, 0.3) is 0 Å². The Labute approximate surface area is 124 Å². The van der Waals surface area contributed by atoms with Gasteiger partial charge in [-0.15, -0.1) is 0 Å². The van der Waals surface area contributed by atoms with E-state index in [0.29, 0.717) is 22.8 Å². The number of anilines is 2. The van der Waals surface area contributed by atoms with Crippen molar-refractivity contribution in [3.05, 3.63) is 23.2 Å². The molecular weight excluding hydrogens is 280 g/mol. The number of hydrogen-bond acceptors (Lipinski definition) is 3. The third kappa shape index (κ3) is 6.73. The molecular formula is C14H21ClN2OS. The number of amides is 1. The number of nitrogens with two attached hydrogens (primary N) is 1. The summed E-state index contributed by atoms with van der Waals surface area (Å²) in [7, 11) is 0. The van der Waals surface area contributed by atoms with Gasteiger partial charge in [-0.05, 0) is 42.5 Å². The van der Waals surface area contributed by atoms with E-state index >= 15 is 0 Å². The van der Waals surface area contributed by atoms with Crippen molar-refractivity contribution < 1.29 is 4.79 Å². The third-order valence-corrected chi connectivity index (χ3v) is 4.07. The van der Waals surface area contributed by atoms with E-state index in [0.717, 1.165) is 12.2 Å². The van der Waals surface area contributed by atoms with Gasteiger partial charge in [-0.1, -0.05) is 24.9 Å². The van der Waals surface area contributed by atoms with Crippen LogP contribution in [0.15, 0.2) is 18.2 Å². The maximum absolute atomic E-state index is 11.7. The first kappa shape index (κ1) is 16.2. The molecule has 0 fully saturated rings. The maximum Gasteiger partial charge on any atom is 0.224 e. The zero-order chi connectivity index (χ0) is 14.1. The summed E-state index contributed by atoms with van der Waals surface area (Å²) in [4.78, 5) is 11.7. The molecule has 0 aliphatic carbocycles. The number of unbranched alkanes of at least 4 members (excludes halogenated alkanes) is 1. The van der Waals surface area contributed by atoms with E-state index in [1.54, 1.807) is 18.2 Å². The molecule has 1 aromatic rings. The van der Waals surface area contributed by atoms with Crippen molar-refractivity contribution in [3.8, 4) is 0 Å². The Balaban J connectivity index is 2.23. The van der Waals surface area contributed by atoms with E-state index in [9.17, 15) is 4.79 Å². The number of thioether (sulfide) groups is 1. The summed E-state index contributed by atoms with van der Waals surface area (Å²) in [6, 6.07) is 5.09. The van der Waals surface area contributed by atoms with Gasteiger partial charge in [0.1, 0.15) is 0 Å². The number of rotatable bonds is 8. The monoisotopic (exact) mass is 300 g/mol.